The van der Waals surface area contributed by atoms with Crippen LogP contribution in [0.2, 0.25) is 0 Å². The second-order valence-electron chi connectivity index (χ2n) is 7.64. The van der Waals surface area contributed by atoms with Crippen LogP contribution >= 0.6 is 0 Å². The topological polar surface area (TPSA) is 45.6 Å². The first-order valence-corrected chi connectivity index (χ1v) is 10.4. The van der Waals surface area contributed by atoms with Crippen molar-refractivity contribution in [1.29, 1.82) is 0 Å². The van der Waals surface area contributed by atoms with Gasteiger partial charge in [0.15, 0.2) is 0 Å². The van der Waals surface area contributed by atoms with Crippen LogP contribution in [-0.2, 0) is 24.9 Å². The molecule has 1 heterocycles. The highest BCUT2D eigenvalue weighted by atomic mass is 16.2. The SMILES string of the molecule is C=CCN(CC(=O)N(Cc1ccccc1)Cc1cccn1C)C(=O)c1ccccc1C. The van der Waals surface area contributed by atoms with Gasteiger partial charge >= 0.3 is 0 Å². The molecule has 0 radical (unpaired) electrons. The molecule has 31 heavy (non-hydrogen) atoms. The highest BCUT2D eigenvalue weighted by Crippen LogP contribution is 2.14. The van der Waals surface area contributed by atoms with Crippen molar-refractivity contribution in [2.75, 3.05) is 13.1 Å². The van der Waals surface area contributed by atoms with Crippen molar-refractivity contribution in [3.05, 3.63) is 108 Å². The molecule has 1 aromatic heterocycles. The molecule has 5 nitrogen and oxygen atoms in total. The number of aryl methyl sites for hydroxylation is 2. The molecular weight excluding hydrogens is 386 g/mol. The highest BCUT2D eigenvalue weighted by molar-refractivity contribution is 5.97. The fraction of sp³-hybridized carbons (Fsp3) is 0.231. The molecule has 0 fully saturated rings. The zero-order valence-electron chi connectivity index (χ0n) is 18.2. The third-order valence-electron chi connectivity index (χ3n) is 5.31. The third-order valence-corrected chi connectivity index (χ3v) is 5.31. The molecule has 0 saturated heterocycles. The Kier molecular flexibility index (Phi) is 7.44. The Morgan fingerprint density at radius 3 is 2.29 bits per heavy atom. The Morgan fingerprint density at radius 2 is 1.65 bits per heavy atom. The normalized spacial score (nSPS) is 10.5. The first-order valence-electron chi connectivity index (χ1n) is 10.4. The van der Waals surface area contributed by atoms with Crippen LogP contribution in [0.4, 0.5) is 0 Å². The predicted molar refractivity (Wildman–Crippen MR) is 123 cm³/mol. The summed E-state index contributed by atoms with van der Waals surface area (Å²) >= 11 is 0. The van der Waals surface area contributed by atoms with E-state index in [1.54, 1.807) is 21.9 Å². The first kappa shape index (κ1) is 22.1. The maximum atomic E-state index is 13.4. The van der Waals surface area contributed by atoms with Crippen LogP contribution in [0.25, 0.3) is 0 Å². The molecule has 0 spiro atoms. The Labute approximate surface area is 184 Å². The number of hydrogen-bond donors (Lipinski definition) is 0. The molecule has 0 unspecified atom stereocenters. The lowest BCUT2D eigenvalue weighted by atomic mass is 10.1. The summed E-state index contributed by atoms with van der Waals surface area (Å²) in [5.41, 5.74) is 3.57. The Bertz CT molecular complexity index is 1040. The van der Waals surface area contributed by atoms with Crippen LogP contribution in [0.1, 0.15) is 27.2 Å². The van der Waals surface area contributed by atoms with Gasteiger partial charge in [-0.1, -0.05) is 54.6 Å². The minimum absolute atomic E-state index is 0.00353. The monoisotopic (exact) mass is 415 g/mol. The molecule has 0 aliphatic heterocycles. The minimum Gasteiger partial charge on any atom is -0.353 e. The molecule has 0 saturated carbocycles. The number of hydrogen-bond acceptors (Lipinski definition) is 2. The van der Waals surface area contributed by atoms with Gasteiger partial charge in [-0.15, -0.1) is 6.58 Å². The van der Waals surface area contributed by atoms with E-state index in [0.29, 0.717) is 25.2 Å². The average molecular weight is 416 g/mol. The average Bonchev–Trinajstić information content (AvgIpc) is 3.18. The number of rotatable bonds is 9. The second-order valence-corrected chi connectivity index (χ2v) is 7.64. The van der Waals surface area contributed by atoms with Crippen LogP contribution in [0.5, 0.6) is 0 Å². The molecule has 160 valence electrons. The van der Waals surface area contributed by atoms with E-state index in [2.05, 4.69) is 6.58 Å². The van der Waals surface area contributed by atoms with Crippen molar-refractivity contribution in [3.63, 3.8) is 0 Å². The molecule has 0 bridgehead atoms. The predicted octanol–water partition coefficient (Wildman–Crippen LogP) is 4.19. The number of nitrogens with zero attached hydrogens (tertiary/aromatic N) is 3. The molecule has 2 aromatic carbocycles. The molecule has 0 N–H and O–H groups in total. The van der Waals surface area contributed by atoms with E-state index < -0.39 is 0 Å². The Morgan fingerprint density at radius 1 is 0.935 bits per heavy atom. The van der Waals surface area contributed by atoms with E-state index >= 15 is 0 Å². The third kappa shape index (κ3) is 5.72. The van der Waals surface area contributed by atoms with Crippen LogP contribution in [-0.4, -0.2) is 39.3 Å². The number of benzene rings is 2. The zero-order chi connectivity index (χ0) is 22.2. The maximum absolute atomic E-state index is 13.4. The van der Waals surface area contributed by atoms with Gasteiger partial charge in [-0.2, -0.15) is 0 Å². The summed E-state index contributed by atoms with van der Waals surface area (Å²) in [5, 5.41) is 0. The molecule has 2 amide bonds. The van der Waals surface area contributed by atoms with Gasteiger partial charge in [0.2, 0.25) is 5.91 Å². The maximum Gasteiger partial charge on any atom is 0.254 e. The molecule has 3 rings (SSSR count). The zero-order valence-corrected chi connectivity index (χ0v) is 18.2. The van der Waals surface area contributed by atoms with Gasteiger partial charge < -0.3 is 14.4 Å². The lowest BCUT2D eigenvalue weighted by molar-refractivity contribution is -0.133. The van der Waals surface area contributed by atoms with E-state index in [4.69, 9.17) is 0 Å². The number of carbonyl (C=O) groups excluding carboxylic acids is 2. The van der Waals surface area contributed by atoms with Crippen molar-refractivity contribution in [3.8, 4) is 0 Å². The fourth-order valence-corrected chi connectivity index (χ4v) is 3.51. The summed E-state index contributed by atoms with van der Waals surface area (Å²) in [6.07, 6.45) is 3.62. The Hall–Kier alpha value is -3.60. The van der Waals surface area contributed by atoms with Crippen molar-refractivity contribution < 1.29 is 9.59 Å². The van der Waals surface area contributed by atoms with Crippen LogP contribution in [0.15, 0.2) is 85.6 Å². The van der Waals surface area contributed by atoms with Crippen LogP contribution < -0.4 is 0 Å². The van der Waals surface area contributed by atoms with Gasteiger partial charge in [-0.05, 0) is 36.2 Å². The summed E-state index contributed by atoms with van der Waals surface area (Å²) in [5.74, 6) is -0.265. The van der Waals surface area contributed by atoms with Crippen LogP contribution in [0, 0.1) is 6.92 Å². The molecule has 5 heteroatoms. The van der Waals surface area contributed by atoms with E-state index in [1.807, 2.05) is 85.4 Å². The summed E-state index contributed by atoms with van der Waals surface area (Å²) in [7, 11) is 1.96. The van der Waals surface area contributed by atoms with Crippen molar-refractivity contribution in [2.45, 2.75) is 20.0 Å². The largest absolute Gasteiger partial charge is 0.353 e. The molecule has 0 aliphatic rings. The second kappa shape index (κ2) is 10.4. The van der Waals surface area contributed by atoms with E-state index in [9.17, 15) is 9.59 Å². The van der Waals surface area contributed by atoms with E-state index in [-0.39, 0.29) is 18.4 Å². The van der Waals surface area contributed by atoms with Gasteiger partial charge in [0, 0.05) is 37.6 Å². The Balaban J connectivity index is 1.82. The smallest absolute Gasteiger partial charge is 0.254 e. The first-order chi connectivity index (χ1) is 15.0. The van der Waals surface area contributed by atoms with Crippen molar-refractivity contribution in [1.82, 2.24) is 14.4 Å². The molecule has 0 atom stereocenters. The summed E-state index contributed by atoms with van der Waals surface area (Å²) in [4.78, 5) is 29.9. The lowest BCUT2D eigenvalue weighted by Crippen LogP contribution is -2.43. The molecule has 3 aromatic rings. The fourth-order valence-electron chi connectivity index (χ4n) is 3.51. The summed E-state index contributed by atoms with van der Waals surface area (Å²) in [6.45, 7) is 6.92. The number of aromatic nitrogens is 1. The van der Waals surface area contributed by atoms with Crippen LogP contribution in [0.3, 0.4) is 0 Å². The van der Waals surface area contributed by atoms with Crippen molar-refractivity contribution in [2.24, 2.45) is 7.05 Å². The lowest BCUT2D eigenvalue weighted by Gasteiger charge is -2.28. The molecular formula is C26H29N3O2. The quantitative estimate of drug-likeness (QED) is 0.492. The number of carbonyl (C=O) groups is 2. The standard InChI is InChI=1S/C26H29N3O2/c1-4-16-28(26(31)24-15-9-8-11-21(24)2)20-25(30)29(18-22-12-6-5-7-13-22)19-23-14-10-17-27(23)3/h4-15,17H,1,16,18-20H2,2-3H3. The van der Waals surface area contributed by atoms with Gasteiger partial charge in [-0.3, -0.25) is 9.59 Å². The molecule has 0 aliphatic carbocycles. The summed E-state index contributed by atoms with van der Waals surface area (Å²) < 4.78 is 2.01. The van der Waals surface area contributed by atoms with Crippen molar-refractivity contribution >= 4 is 11.8 Å². The van der Waals surface area contributed by atoms with Gasteiger partial charge in [0.1, 0.15) is 6.54 Å². The minimum atomic E-state index is -0.162. The van der Waals surface area contributed by atoms with E-state index in [0.717, 1.165) is 16.8 Å². The number of amides is 2. The van der Waals surface area contributed by atoms with Gasteiger partial charge in [0.05, 0.1) is 6.54 Å². The van der Waals surface area contributed by atoms with Gasteiger partial charge in [0.25, 0.3) is 5.91 Å². The van der Waals surface area contributed by atoms with Gasteiger partial charge in [-0.25, -0.2) is 0 Å². The highest BCUT2D eigenvalue weighted by Gasteiger charge is 2.23. The summed E-state index contributed by atoms with van der Waals surface area (Å²) in [6, 6.07) is 21.3. The van der Waals surface area contributed by atoms with E-state index in [1.165, 1.54) is 0 Å².